The number of hydrazine groups is 1. The lowest BCUT2D eigenvalue weighted by atomic mass is 9.93. The molecule has 1 aromatic heterocycles. The van der Waals surface area contributed by atoms with Crippen LogP contribution in [0.5, 0.6) is 0 Å². The number of carbonyl (C=O) groups is 2. The quantitative estimate of drug-likeness (QED) is 0.293. The number of anilines is 1. The number of benzene rings is 2. The summed E-state index contributed by atoms with van der Waals surface area (Å²) in [6, 6.07) is 7.90. The van der Waals surface area contributed by atoms with Crippen molar-refractivity contribution >= 4 is 40.3 Å². The van der Waals surface area contributed by atoms with Gasteiger partial charge in [-0.1, -0.05) is 0 Å². The highest BCUT2D eigenvalue weighted by molar-refractivity contribution is 6.07. The minimum absolute atomic E-state index is 0.0571. The number of nitrogens with one attached hydrogen (secondary N) is 3. The van der Waals surface area contributed by atoms with Gasteiger partial charge in [-0.25, -0.2) is 0 Å². The molecule has 1 heterocycles. The molecule has 4 rings (SSSR count). The van der Waals surface area contributed by atoms with E-state index >= 15 is 0 Å². The van der Waals surface area contributed by atoms with E-state index in [1.807, 2.05) is 0 Å². The van der Waals surface area contributed by atoms with Crippen molar-refractivity contribution in [1.29, 1.82) is 0 Å². The molecule has 0 saturated heterocycles. The van der Waals surface area contributed by atoms with Crippen LogP contribution in [0.15, 0.2) is 52.0 Å². The van der Waals surface area contributed by atoms with Gasteiger partial charge >= 0.3 is 11.6 Å². The summed E-state index contributed by atoms with van der Waals surface area (Å²) in [6.07, 6.45) is 1.56. The summed E-state index contributed by atoms with van der Waals surface area (Å²) in [7, 11) is 0. The molecule has 0 atom stereocenters. The van der Waals surface area contributed by atoms with Gasteiger partial charge in [-0.3, -0.25) is 56.2 Å². The molecule has 2 amide bonds. The molecule has 0 saturated carbocycles. The smallest absolute Gasteiger partial charge is 0.305 e. The Balaban J connectivity index is 1.51. The first-order valence-electron chi connectivity index (χ1n) is 11.3. The van der Waals surface area contributed by atoms with Crippen molar-refractivity contribution in [3.63, 3.8) is 0 Å². The third-order valence-corrected chi connectivity index (χ3v) is 5.86. The van der Waals surface area contributed by atoms with E-state index in [0.717, 1.165) is 24.3 Å². The third kappa shape index (κ3) is 5.53. The van der Waals surface area contributed by atoms with E-state index in [9.17, 15) is 39.9 Å². The summed E-state index contributed by atoms with van der Waals surface area (Å²) in [5, 5.41) is 37.4. The lowest BCUT2D eigenvalue weighted by molar-refractivity contribution is -0.393. The van der Waals surface area contributed by atoms with Crippen LogP contribution in [0.4, 0.5) is 22.7 Å². The van der Waals surface area contributed by atoms with Crippen LogP contribution in [0.2, 0.25) is 0 Å². The lowest BCUT2D eigenvalue weighted by Crippen LogP contribution is -2.41. The zero-order valence-electron chi connectivity index (χ0n) is 20.1. The van der Waals surface area contributed by atoms with Crippen molar-refractivity contribution in [2.24, 2.45) is 5.10 Å². The topological polar surface area (TPSA) is 225 Å². The molecular weight excluding hydrogens is 518 g/mol. The van der Waals surface area contributed by atoms with Crippen LogP contribution in [-0.4, -0.2) is 32.3 Å². The Labute approximate surface area is 218 Å². The Bertz CT molecular complexity index is 1540. The van der Waals surface area contributed by atoms with Gasteiger partial charge < -0.3 is 4.42 Å². The molecule has 2 aromatic carbocycles. The second-order valence-corrected chi connectivity index (χ2v) is 8.31. The van der Waals surface area contributed by atoms with E-state index in [4.69, 9.17) is 4.42 Å². The Hall–Kier alpha value is -5.67. The number of non-ortho nitro benzene ring substituents is 2. The number of hydrazone groups is 1. The van der Waals surface area contributed by atoms with Crippen LogP contribution in [0.25, 0.3) is 0 Å². The summed E-state index contributed by atoms with van der Waals surface area (Å²) < 4.78 is 5.73. The first-order valence-corrected chi connectivity index (χ1v) is 11.3. The second kappa shape index (κ2) is 10.8. The predicted molar refractivity (Wildman–Crippen MR) is 134 cm³/mol. The summed E-state index contributed by atoms with van der Waals surface area (Å²) in [5.74, 6) is -1.08. The van der Waals surface area contributed by atoms with E-state index < -0.39 is 38.0 Å². The van der Waals surface area contributed by atoms with Gasteiger partial charge in [0.2, 0.25) is 0 Å². The molecule has 0 unspecified atom stereocenters. The molecule has 3 aromatic rings. The monoisotopic (exact) mass is 537 g/mol. The van der Waals surface area contributed by atoms with E-state index in [1.54, 1.807) is 6.92 Å². The van der Waals surface area contributed by atoms with Gasteiger partial charge in [-0.15, -0.1) is 0 Å². The highest BCUT2D eigenvalue weighted by Gasteiger charge is 2.29. The van der Waals surface area contributed by atoms with Crippen LogP contribution >= 0.6 is 0 Å². The minimum atomic E-state index is -0.766. The van der Waals surface area contributed by atoms with Crippen molar-refractivity contribution in [1.82, 2.24) is 10.9 Å². The molecule has 1 aliphatic rings. The van der Waals surface area contributed by atoms with Gasteiger partial charge in [-0.05, 0) is 38.0 Å². The number of nitrogens with zero attached hydrogens (tertiary/aromatic N) is 4. The van der Waals surface area contributed by atoms with Crippen LogP contribution < -0.4 is 16.3 Å². The largest absolute Gasteiger partial charge is 0.455 e. The van der Waals surface area contributed by atoms with Gasteiger partial charge in [0.05, 0.1) is 26.5 Å². The predicted octanol–water partition coefficient (Wildman–Crippen LogP) is 3.54. The molecule has 3 N–H and O–H groups in total. The number of carbonyl (C=O) groups excluding carboxylic acids is 2. The number of nitro benzene ring substituents is 3. The molecule has 0 spiro atoms. The molecule has 39 heavy (non-hydrogen) atoms. The average Bonchev–Trinajstić information content (AvgIpc) is 3.27. The van der Waals surface area contributed by atoms with Crippen molar-refractivity contribution in [3.05, 3.63) is 101 Å². The van der Waals surface area contributed by atoms with E-state index in [-0.39, 0.29) is 22.7 Å². The number of rotatable bonds is 7. The SMILES string of the molecule is Cc1c(C(=O)NNC(=O)c2ccc([N+](=O)[O-])cc2)oc2c1/C(=N/Nc1ccc([N+](=O)[O-])cc1[N+](=O)[O-])CCC2. The fourth-order valence-electron chi connectivity index (χ4n) is 3.98. The number of nitro groups is 3. The number of furan rings is 1. The van der Waals surface area contributed by atoms with E-state index in [2.05, 4.69) is 21.4 Å². The maximum atomic E-state index is 12.8. The zero-order valence-corrected chi connectivity index (χ0v) is 20.1. The fourth-order valence-corrected chi connectivity index (χ4v) is 3.98. The Morgan fingerprint density at radius 2 is 1.51 bits per heavy atom. The zero-order chi connectivity index (χ0) is 28.3. The number of hydrogen-bond donors (Lipinski definition) is 3. The van der Waals surface area contributed by atoms with Crippen molar-refractivity contribution < 1.29 is 28.8 Å². The number of fused-ring (bicyclic) bond motifs is 1. The van der Waals surface area contributed by atoms with Crippen LogP contribution in [0.1, 0.15) is 50.6 Å². The first-order chi connectivity index (χ1) is 18.6. The minimum Gasteiger partial charge on any atom is -0.455 e. The normalized spacial score (nSPS) is 13.3. The number of hydrogen-bond acceptors (Lipinski definition) is 11. The number of amides is 2. The lowest BCUT2D eigenvalue weighted by Gasteiger charge is -2.13. The summed E-state index contributed by atoms with van der Waals surface area (Å²) in [4.78, 5) is 56.1. The van der Waals surface area contributed by atoms with Crippen molar-refractivity contribution in [3.8, 4) is 0 Å². The summed E-state index contributed by atoms with van der Waals surface area (Å²) in [5.41, 5.74) is 7.32. The third-order valence-electron chi connectivity index (χ3n) is 5.86. The molecule has 0 bridgehead atoms. The molecule has 0 aliphatic heterocycles. The van der Waals surface area contributed by atoms with E-state index in [0.29, 0.717) is 41.9 Å². The average molecular weight is 537 g/mol. The van der Waals surface area contributed by atoms with Gasteiger partial charge in [0.1, 0.15) is 11.4 Å². The molecule has 16 nitrogen and oxygen atoms in total. The second-order valence-electron chi connectivity index (χ2n) is 8.31. The van der Waals surface area contributed by atoms with Gasteiger partial charge in [0, 0.05) is 41.3 Å². The molecule has 0 radical (unpaired) electrons. The highest BCUT2D eigenvalue weighted by Crippen LogP contribution is 2.32. The van der Waals surface area contributed by atoms with Gasteiger partial charge in [-0.2, -0.15) is 5.10 Å². The fraction of sp³-hybridized carbons (Fsp3) is 0.174. The Kier molecular flexibility index (Phi) is 7.28. The molecule has 16 heteroatoms. The van der Waals surface area contributed by atoms with E-state index in [1.165, 1.54) is 18.2 Å². The molecular formula is C23H19N7O9. The number of aryl methyl sites for hydroxylation is 1. The first kappa shape index (κ1) is 26.4. The maximum absolute atomic E-state index is 12.8. The highest BCUT2D eigenvalue weighted by atomic mass is 16.6. The summed E-state index contributed by atoms with van der Waals surface area (Å²) >= 11 is 0. The van der Waals surface area contributed by atoms with Gasteiger partial charge in [0.25, 0.3) is 17.3 Å². The standard InChI is InChI=1S/C23H19N7O9/c1-12-20-17(25-24-16-10-9-15(29(35)36)11-18(16)30(37)38)3-2-4-19(20)39-21(12)23(32)27-26-22(31)13-5-7-14(8-6-13)28(33)34/h5-11,24H,2-4H2,1H3,(H,26,31)(H,27,32)/b25-17+. The van der Waals surface area contributed by atoms with Crippen LogP contribution in [-0.2, 0) is 6.42 Å². The maximum Gasteiger partial charge on any atom is 0.305 e. The molecule has 1 aliphatic carbocycles. The van der Waals surface area contributed by atoms with Gasteiger partial charge in [0.15, 0.2) is 5.76 Å². The molecule has 0 fully saturated rings. The van der Waals surface area contributed by atoms with Crippen molar-refractivity contribution in [2.45, 2.75) is 26.2 Å². The summed E-state index contributed by atoms with van der Waals surface area (Å²) in [6.45, 7) is 1.62. The molecule has 200 valence electrons. The van der Waals surface area contributed by atoms with Crippen LogP contribution in [0.3, 0.4) is 0 Å². The van der Waals surface area contributed by atoms with Crippen molar-refractivity contribution in [2.75, 3.05) is 5.43 Å². The Morgan fingerprint density at radius 3 is 2.15 bits per heavy atom. The van der Waals surface area contributed by atoms with Crippen LogP contribution in [0, 0.1) is 37.3 Å². The Morgan fingerprint density at radius 1 is 0.872 bits per heavy atom.